The highest BCUT2D eigenvalue weighted by Crippen LogP contribution is 1.97. The monoisotopic (exact) mass is 224 g/mol. The lowest BCUT2D eigenvalue weighted by Crippen LogP contribution is -2.48. The van der Waals surface area contributed by atoms with E-state index in [4.69, 9.17) is 5.11 Å². The van der Waals surface area contributed by atoms with E-state index in [1.165, 1.54) is 6.33 Å². The number of carboxylic acid groups (broad SMARTS) is 1. The average Bonchev–Trinajstić information content (AvgIpc) is 2.75. The van der Waals surface area contributed by atoms with E-state index < -0.39 is 17.9 Å². The van der Waals surface area contributed by atoms with Crippen molar-refractivity contribution in [3.63, 3.8) is 0 Å². The summed E-state index contributed by atoms with van der Waals surface area (Å²) in [7, 11) is 0. The molecule has 86 valence electrons. The Morgan fingerprint density at radius 1 is 1.69 bits per heavy atom. The van der Waals surface area contributed by atoms with Gasteiger partial charge in [-0.1, -0.05) is 6.58 Å². The lowest BCUT2D eigenvalue weighted by Gasteiger charge is -2.12. The van der Waals surface area contributed by atoms with Crippen LogP contribution in [0.25, 0.3) is 0 Å². The van der Waals surface area contributed by atoms with E-state index >= 15 is 0 Å². The molecule has 0 aliphatic rings. The Morgan fingerprint density at radius 3 is 2.94 bits per heavy atom. The number of aromatic nitrogens is 2. The summed E-state index contributed by atoms with van der Waals surface area (Å²) in [6, 6.07) is -0.938. The van der Waals surface area contributed by atoms with Gasteiger partial charge in [0.2, 0.25) is 0 Å². The van der Waals surface area contributed by atoms with Crippen LogP contribution in [0.1, 0.15) is 5.69 Å². The summed E-state index contributed by atoms with van der Waals surface area (Å²) in [6.07, 6.45) is 4.25. The fourth-order valence-corrected chi connectivity index (χ4v) is 1.02. The molecule has 0 bridgehead atoms. The third-order valence-electron chi connectivity index (χ3n) is 1.82. The van der Waals surface area contributed by atoms with Crippen molar-refractivity contribution in [2.45, 2.75) is 12.5 Å². The zero-order valence-electron chi connectivity index (χ0n) is 8.43. The van der Waals surface area contributed by atoms with Crippen LogP contribution in [-0.2, 0) is 16.0 Å². The lowest BCUT2D eigenvalue weighted by molar-refractivity contribution is -0.139. The molecule has 4 N–H and O–H groups in total. The number of carboxylic acids is 1. The maximum Gasteiger partial charge on any atom is 0.322 e. The Labute approximate surface area is 91.5 Å². The van der Waals surface area contributed by atoms with Gasteiger partial charge >= 0.3 is 5.97 Å². The third kappa shape index (κ3) is 3.54. The average molecular weight is 224 g/mol. The van der Waals surface area contributed by atoms with E-state index in [2.05, 4.69) is 27.4 Å². The molecule has 0 spiro atoms. The second kappa shape index (κ2) is 5.66. The molecule has 0 fully saturated rings. The van der Waals surface area contributed by atoms with Crippen molar-refractivity contribution in [2.24, 2.45) is 0 Å². The Kier molecular flexibility index (Phi) is 4.22. The van der Waals surface area contributed by atoms with Crippen LogP contribution in [0.3, 0.4) is 0 Å². The van der Waals surface area contributed by atoms with Gasteiger partial charge in [-0.25, -0.2) is 10.4 Å². The Morgan fingerprint density at radius 2 is 2.44 bits per heavy atom. The summed E-state index contributed by atoms with van der Waals surface area (Å²) >= 11 is 0. The molecule has 7 nitrogen and oxygen atoms in total. The first-order valence-corrected chi connectivity index (χ1v) is 4.52. The molecule has 1 rings (SSSR count). The maximum atomic E-state index is 10.8. The summed E-state index contributed by atoms with van der Waals surface area (Å²) in [5.41, 5.74) is 5.17. The molecule has 1 aromatic heterocycles. The zero-order valence-corrected chi connectivity index (χ0v) is 8.43. The molecule has 1 amide bonds. The predicted octanol–water partition coefficient (Wildman–Crippen LogP) is -0.788. The molecule has 1 heterocycles. The van der Waals surface area contributed by atoms with Crippen molar-refractivity contribution in [1.29, 1.82) is 0 Å². The Bertz CT molecular complexity index is 374. The summed E-state index contributed by atoms with van der Waals surface area (Å²) < 4.78 is 0. The van der Waals surface area contributed by atoms with Crippen molar-refractivity contribution in [3.05, 3.63) is 30.9 Å². The number of rotatable bonds is 6. The molecule has 0 radical (unpaired) electrons. The highest BCUT2D eigenvalue weighted by atomic mass is 16.4. The van der Waals surface area contributed by atoms with E-state index in [1.807, 2.05) is 0 Å². The van der Waals surface area contributed by atoms with Crippen molar-refractivity contribution in [2.75, 3.05) is 0 Å². The topological polar surface area (TPSA) is 107 Å². The maximum absolute atomic E-state index is 10.8. The normalized spacial score (nSPS) is 11.8. The van der Waals surface area contributed by atoms with Gasteiger partial charge in [-0.05, 0) is 6.08 Å². The summed E-state index contributed by atoms with van der Waals surface area (Å²) in [5, 5.41) is 8.88. The molecule has 16 heavy (non-hydrogen) atoms. The van der Waals surface area contributed by atoms with Crippen molar-refractivity contribution < 1.29 is 14.7 Å². The van der Waals surface area contributed by atoms with Gasteiger partial charge in [0.1, 0.15) is 6.04 Å². The fraction of sp³-hybridized carbons (Fsp3) is 0.222. The number of carbonyl (C=O) groups is 2. The molecule has 0 saturated carbocycles. The smallest absolute Gasteiger partial charge is 0.322 e. The molecule has 0 aliphatic carbocycles. The van der Waals surface area contributed by atoms with E-state index in [0.717, 1.165) is 6.08 Å². The van der Waals surface area contributed by atoms with Gasteiger partial charge in [0.25, 0.3) is 5.91 Å². The number of imidazole rings is 1. The number of amides is 1. The quantitative estimate of drug-likeness (QED) is 0.374. The van der Waals surface area contributed by atoms with Crippen LogP contribution in [0.2, 0.25) is 0 Å². The minimum Gasteiger partial charge on any atom is -0.480 e. The van der Waals surface area contributed by atoms with Crippen LogP contribution in [-0.4, -0.2) is 33.0 Å². The van der Waals surface area contributed by atoms with Gasteiger partial charge in [0.05, 0.1) is 12.0 Å². The standard InChI is InChI=1S/C9H12N4O3/c1-2-8(14)13-12-7(9(15)16)3-6-4-10-5-11-6/h2,4-5,7,12H,1,3H2,(H,10,11)(H,13,14)(H,15,16). The number of hydrogen-bond acceptors (Lipinski definition) is 4. The SMILES string of the molecule is C=CC(=O)NNC(Cc1c[nH]cn1)C(=O)O. The van der Waals surface area contributed by atoms with E-state index in [1.54, 1.807) is 6.20 Å². The van der Waals surface area contributed by atoms with Crippen molar-refractivity contribution >= 4 is 11.9 Å². The van der Waals surface area contributed by atoms with Gasteiger partial charge in [-0.2, -0.15) is 0 Å². The molecule has 0 aliphatic heterocycles. The van der Waals surface area contributed by atoms with Crippen LogP contribution < -0.4 is 10.9 Å². The molecular weight excluding hydrogens is 212 g/mol. The molecule has 0 saturated heterocycles. The van der Waals surface area contributed by atoms with Crippen molar-refractivity contribution in [1.82, 2.24) is 20.8 Å². The van der Waals surface area contributed by atoms with Crippen LogP contribution >= 0.6 is 0 Å². The van der Waals surface area contributed by atoms with Crippen LogP contribution in [0.15, 0.2) is 25.2 Å². The van der Waals surface area contributed by atoms with E-state index in [-0.39, 0.29) is 6.42 Å². The largest absolute Gasteiger partial charge is 0.480 e. The first-order valence-electron chi connectivity index (χ1n) is 4.52. The summed E-state index contributed by atoms with van der Waals surface area (Å²) in [4.78, 5) is 28.3. The van der Waals surface area contributed by atoms with Gasteiger partial charge in [0.15, 0.2) is 0 Å². The Hall–Kier alpha value is -2.15. The van der Waals surface area contributed by atoms with Crippen LogP contribution in [0.5, 0.6) is 0 Å². The van der Waals surface area contributed by atoms with Crippen molar-refractivity contribution in [3.8, 4) is 0 Å². The van der Waals surface area contributed by atoms with Gasteiger partial charge in [-0.3, -0.25) is 15.0 Å². The minimum atomic E-state index is -1.08. The van der Waals surface area contributed by atoms with E-state index in [0.29, 0.717) is 5.69 Å². The number of carbonyl (C=O) groups excluding carboxylic acids is 1. The molecular formula is C9H12N4O3. The summed E-state index contributed by atoms with van der Waals surface area (Å²) in [5.74, 6) is -1.57. The van der Waals surface area contributed by atoms with Gasteiger partial charge in [-0.15, -0.1) is 0 Å². The first kappa shape index (κ1) is 11.9. The lowest BCUT2D eigenvalue weighted by atomic mass is 10.2. The zero-order chi connectivity index (χ0) is 12.0. The molecule has 1 aromatic rings. The second-order valence-electron chi connectivity index (χ2n) is 2.99. The highest BCUT2D eigenvalue weighted by molar-refractivity contribution is 5.86. The third-order valence-corrected chi connectivity index (χ3v) is 1.82. The predicted molar refractivity (Wildman–Crippen MR) is 55.2 cm³/mol. The number of aliphatic carboxylic acids is 1. The molecule has 0 aromatic carbocycles. The Balaban J connectivity index is 2.51. The number of aromatic amines is 1. The number of hydrogen-bond donors (Lipinski definition) is 4. The molecule has 7 heteroatoms. The van der Waals surface area contributed by atoms with Crippen LogP contribution in [0.4, 0.5) is 0 Å². The van der Waals surface area contributed by atoms with Gasteiger partial charge in [0, 0.05) is 12.6 Å². The van der Waals surface area contributed by atoms with Crippen LogP contribution in [0, 0.1) is 0 Å². The molecule has 1 atom stereocenters. The number of H-pyrrole nitrogens is 1. The highest BCUT2D eigenvalue weighted by Gasteiger charge is 2.18. The second-order valence-corrected chi connectivity index (χ2v) is 2.99. The minimum absolute atomic E-state index is 0.163. The number of hydrazine groups is 1. The van der Waals surface area contributed by atoms with Gasteiger partial charge < -0.3 is 10.1 Å². The summed E-state index contributed by atoms with van der Waals surface area (Å²) in [6.45, 7) is 3.24. The van der Waals surface area contributed by atoms with E-state index in [9.17, 15) is 9.59 Å². The number of nitrogens with zero attached hydrogens (tertiary/aromatic N) is 1. The number of nitrogens with one attached hydrogen (secondary N) is 3. The first-order chi connectivity index (χ1) is 7.63. The fourth-order valence-electron chi connectivity index (χ4n) is 1.02. The molecule has 1 unspecified atom stereocenters.